The van der Waals surface area contributed by atoms with Gasteiger partial charge in [-0.25, -0.2) is 13.2 Å². The molecule has 21 heavy (non-hydrogen) atoms. The van der Waals surface area contributed by atoms with Crippen molar-refractivity contribution < 1.29 is 18.3 Å². The molecule has 0 aliphatic rings. The van der Waals surface area contributed by atoms with Crippen LogP contribution in [0.15, 0.2) is 41.3 Å². The number of nitrogens with zero attached hydrogens (tertiary/aromatic N) is 1. The zero-order valence-corrected chi connectivity index (χ0v) is 13.4. The highest BCUT2D eigenvalue weighted by molar-refractivity contribution is 7.89. The minimum absolute atomic E-state index is 0.0486. The minimum Gasteiger partial charge on any atom is -0.478 e. The molecule has 8 heteroatoms. The van der Waals surface area contributed by atoms with Crippen LogP contribution < -0.4 is 0 Å². The van der Waals surface area contributed by atoms with E-state index in [0.29, 0.717) is 4.34 Å². The summed E-state index contributed by atoms with van der Waals surface area (Å²) in [6, 6.07) is 8.74. The SMILES string of the molecule is CN(Cc1ccc(Cl)s1)S(=O)(=O)c1cccc(C(=O)O)c1. The molecule has 0 saturated heterocycles. The first-order valence-electron chi connectivity index (χ1n) is 5.84. The van der Waals surface area contributed by atoms with Crippen LogP contribution in [0.3, 0.4) is 0 Å². The molecule has 1 heterocycles. The number of thiophene rings is 1. The fourth-order valence-electron chi connectivity index (χ4n) is 1.71. The Balaban J connectivity index is 2.28. The molecule has 0 saturated carbocycles. The van der Waals surface area contributed by atoms with Crippen LogP contribution in [0.25, 0.3) is 0 Å². The lowest BCUT2D eigenvalue weighted by atomic mass is 10.2. The van der Waals surface area contributed by atoms with Crippen LogP contribution in [0.2, 0.25) is 4.34 Å². The van der Waals surface area contributed by atoms with Crippen LogP contribution in [-0.4, -0.2) is 30.8 Å². The van der Waals surface area contributed by atoms with E-state index < -0.39 is 16.0 Å². The van der Waals surface area contributed by atoms with E-state index in [-0.39, 0.29) is 17.0 Å². The maximum atomic E-state index is 12.4. The Bertz CT molecular complexity index is 770. The summed E-state index contributed by atoms with van der Waals surface area (Å²) in [5.74, 6) is -1.17. The number of carbonyl (C=O) groups is 1. The van der Waals surface area contributed by atoms with Crippen molar-refractivity contribution in [3.05, 3.63) is 51.2 Å². The molecule has 0 atom stereocenters. The Morgan fingerprint density at radius 3 is 2.62 bits per heavy atom. The zero-order chi connectivity index (χ0) is 15.6. The largest absolute Gasteiger partial charge is 0.478 e. The van der Waals surface area contributed by atoms with Crippen molar-refractivity contribution in [1.82, 2.24) is 4.31 Å². The predicted octanol–water partition coefficient (Wildman–Crippen LogP) is 2.92. The van der Waals surface area contributed by atoms with E-state index in [9.17, 15) is 13.2 Å². The second kappa shape index (κ2) is 6.15. The highest BCUT2D eigenvalue weighted by Crippen LogP contribution is 2.24. The lowest BCUT2D eigenvalue weighted by Gasteiger charge is -2.16. The van der Waals surface area contributed by atoms with Crippen LogP contribution in [0, 0.1) is 0 Å². The normalized spacial score (nSPS) is 11.8. The number of rotatable bonds is 5. The number of hydrogen-bond donors (Lipinski definition) is 1. The van der Waals surface area contributed by atoms with Gasteiger partial charge in [-0.15, -0.1) is 11.3 Å². The van der Waals surface area contributed by atoms with Gasteiger partial charge in [-0.1, -0.05) is 17.7 Å². The highest BCUT2D eigenvalue weighted by atomic mass is 35.5. The first-order chi connectivity index (χ1) is 9.80. The molecule has 0 fully saturated rings. The van der Waals surface area contributed by atoms with Crippen LogP contribution in [-0.2, 0) is 16.6 Å². The first-order valence-corrected chi connectivity index (χ1v) is 8.48. The quantitative estimate of drug-likeness (QED) is 0.904. The summed E-state index contributed by atoms with van der Waals surface area (Å²) in [4.78, 5) is 11.7. The second-order valence-electron chi connectivity index (χ2n) is 4.30. The lowest BCUT2D eigenvalue weighted by Crippen LogP contribution is -2.26. The zero-order valence-electron chi connectivity index (χ0n) is 11.0. The summed E-state index contributed by atoms with van der Waals surface area (Å²) in [6.07, 6.45) is 0. The van der Waals surface area contributed by atoms with Gasteiger partial charge in [0.15, 0.2) is 0 Å². The van der Waals surface area contributed by atoms with Crippen LogP contribution in [0.5, 0.6) is 0 Å². The molecule has 2 rings (SSSR count). The summed E-state index contributed by atoms with van der Waals surface area (Å²) in [6.45, 7) is 0.178. The number of hydrogen-bond acceptors (Lipinski definition) is 4. The van der Waals surface area contributed by atoms with Gasteiger partial charge in [0.2, 0.25) is 10.0 Å². The van der Waals surface area contributed by atoms with Crippen LogP contribution in [0.1, 0.15) is 15.2 Å². The van der Waals surface area contributed by atoms with Crippen molar-refractivity contribution in [2.75, 3.05) is 7.05 Å². The maximum Gasteiger partial charge on any atom is 0.335 e. The van der Waals surface area contributed by atoms with Gasteiger partial charge in [-0.05, 0) is 30.3 Å². The average molecular weight is 346 g/mol. The average Bonchev–Trinajstić information content (AvgIpc) is 2.84. The third-order valence-corrected chi connectivity index (χ3v) is 5.81. The molecular weight excluding hydrogens is 334 g/mol. The van der Waals surface area contributed by atoms with E-state index in [1.807, 2.05) is 0 Å². The monoisotopic (exact) mass is 345 g/mol. The van der Waals surface area contributed by atoms with Gasteiger partial charge in [0.25, 0.3) is 0 Å². The molecule has 0 unspecified atom stereocenters. The molecule has 2 aromatic rings. The summed E-state index contributed by atoms with van der Waals surface area (Å²) in [5, 5.41) is 8.93. The molecule has 0 aliphatic heterocycles. The third kappa shape index (κ3) is 3.62. The number of aromatic carboxylic acids is 1. The molecule has 5 nitrogen and oxygen atoms in total. The molecule has 1 aromatic carbocycles. The van der Waals surface area contributed by atoms with Crippen molar-refractivity contribution in [1.29, 1.82) is 0 Å². The fourth-order valence-corrected chi connectivity index (χ4v) is 4.13. The molecule has 1 aromatic heterocycles. The Labute approximate surface area is 131 Å². The van der Waals surface area contributed by atoms with Gasteiger partial charge < -0.3 is 5.11 Å². The summed E-state index contributed by atoms with van der Waals surface area (Å²) in [7, 11) is -2.31. The maximum absolute atomic E-state index is 12.4. The summed E-state index contributed by atoms with van der Waals surface area (Å²) >= 11 is 7.12. The van der Waals surface area contributed by atoms with E-state index in [1.165, 1.54) is 36.6 Å². The van der Waals surface area contributed by atoms with E-state index in [1.54, 1.807) is 12.1 Å². The Morgan fingerprint density at radius 2 is 2.05 bits per heavy atom. The lowest BCUT2D eigenvalue weighted by molar-refractivity contribution is 0.0696. The number of benzene rings is 1. The predicted molar refractivity (Wildman–Crippen MR) is 81.4 cm³/mol. The van der Waals surface area contributed by atoms with E-state index in [0.717, 1.165) is 15.2 Å². The molecule has 0 bridgehead atoms. The van der Waals surface area contributed by atoms with Gasteiger partial charge in [0.1, 0.15) is 0 Å². The van der Waals surface area contributed by atoms with Gasteiger partial charge >= 0.3 is 5.97 Å². The van der Waals surface area contributed by atoms with Crippen molar-refractivity contribution in [2.24, 2.45) is 0 Å². The summed E-state index contributed by atoms with van der Waals surface area (Å²) < 4.78 is 26.6. The topological polar surface area (TPSA) is 74.7 Å². The molecule has 0 amide bonds. The van der Waals surface area contributed by atoms with Crippen molar-refractivity contribution in [3.8, 4) is 0 Å². The Hall–Kier alpha value is -1.41. The molecule has 1 N–H and O–H groups in total. The van der Waals surface area contributed by atoms with Gasteiger partial charge in [0.05, 0.1) is 14.8 Å². The van der Waals surface area contributed by atoms with Crippen LogP contribution in [0.4, 0.5) is 0 Å². The first kappa shape index (κ1) is 16.0. The number of carboxylic acids is 1. The number of sulfonamides is 1. The van der Waals surface area contributed by atoms with Gasteiger partial charge in [-0.3, -0.25) is 0 Å². The number of halogens is 1. The third-order valence-electron chi connectivity index (χ3n) is 2.80. The fraction of sp³-hybridized carbons (Fsp3) is 0.154. The van der Waals surface area contributed by atoms with E-state index in [4.69, 9.17) is 16.7 Å². The molecule has 112 valence electrons. The van der Waals surface area contributed by atoms with Crippen molar-refractivity contribution in [2.45, 2.75) is 11.4 Å². The molecule has 0 radical (unpaired) electrons. The summed E-state index contributed by atoms with van der Waals surface area (Å²) in [5.41, 5.74) is -0.0661. The molecule has 0 aliphatic carbocycles. The molecular formula is C13H12ClNO4S2. The van der Waals surface area contributed by atoms with Crippen molar-refractivity contribution >= 4 is 38.9 Å². The van der Waals surface area contributed by atoms with Crippen molar-refractivity contribution in [3.63, 3.8) is 0 Å². The Kier molecular flexibility index (Phi) is 4.67. The van der Waals surface area contributed by atoms with E-state index >= 15 is 0 Å². The molecule has 0 spiro atoms. The second-order valence-corrected chi connectivity index (χ2v) is 8.14. The Morgan fingerprint density at radius 1 is 1.33 bits per heavy atom. The van der Waals surface area contributed by atoms with E-state index in [2.05, 4.69) is 0 Å². The number of carboxylic acid groups (broad SMARTS) is 1. The highest BCUT2D eigenvalue weighted by Gasteiger charge is 2.22. The van der Waals surface area contributed by atoms with Gasteiger partial charge in [-0.2, -0.15) is 4.31 Å². The van der Waals surface area contributed by atoms with Crippen LogP contribution >= 0.6 is 22.9 Å². The standard InChI is InChI=1S/C13H12ClNO4S2/c1-15(8-10-5-6-12(14)20-10)21(18,19)11-4-2-3-9(7-11)13(16)17/h2-7H,8H2,1H3,(H,16,17). The van der Waals surface area contributed by atoms with Gasteiger partial charge in [0, 0.05) is 18.5 Å². The minimum atomic E-state index is -3.75. The smallest absolute Gasteiger partial charge is 0.335 e.